The fourth-order valence-corrected chi connectivity index (χ4v) is 4.53. The number of hydrogen-bond acceptors (Lipinski definition) is 3. The lowest BCUT2D eigenvalue weighted by Crippen LogP contribution is -2.24. The first-order chi connectivity index (χ1) is 13.7. The van der Waals surface area contributed by atoms with Crippen LogP contribution in [0.2, 0.25) is 0 Å². The smallest absolute Gasteiger partial charge is 0.262 e. The van der Waals surface area contributed by atoms with Crippen LogP contribution in [-0.4, -0.2) is 9.55 Å². The predicted octanol–water partition coefficient (Wildman–Crippen LogP) is 5.69. The highest BCUT2D eigenvalue weighted by Gasteiger charge is 2.12. The number of benzene rings is 3. The Kier molecular flexibility index (Phi) is 5.93. The highest BCUT2D eigenvalue weighted by Crippen LogP contribution is 2.24. The maximum absolute atomic E-state index is 13.1. The van der Waals surface area contributed by atoms with Crippen LogP contribution in [-0.2, 0) is 18.7 Å². The summed E-state index contributed by atoms with van der Waals surface area (Å²) in [6.45, 7) is 0.613. The van der Waals surface area contributed by atoms with Crippen molar-refractivity contribution in [2.24, 2.45) is 0 Å². The number of aryl methyl sites for hydroxylation is 1. The quantitative estimate of drug-likeness (QED) is 0.279. The molecule has 0 atom stereocenters. The van der Waals surface area contributed by atoms with E-state index in [1.54, 1.807) is 11.8 Å². The van der Waals surface area contributed by atoms with Gasteiger partial charge >= 0.3 is 0 Å². The summed E-state index contributed by atoms with van der Waals surface area (Å²) in [5, 5.41) is 1.43. The van der Waals surface area contributed by atoms with Crippen LogP contribution in [0.4, 0.5) is 0 Å². The van der Waals surface area contributed by atoms with Crippen molar-refractivity contribution in [3.63, 3.8) is 0 Å². The van der Waals surface area contributed by atoms with Crippen molar-refractivity contribution in [2.45, 2.75) is 23.9 Å². The molecule has 4 aromatic rings. The van der Waals surface area contributed by atoms with E-state index in [0.717, 1.165) is 27.3 Å². The van der Waals surface area contributed by atoms with Gasteiger partial charge in [0.2, 0.25) is 0 Å². The van der Waals surface area contributed by atoms with E-state index >= 15 is 0 Å². The van der Waals surface area contributed by atoms with Crippen molar-refractivity contribution in [3.8, 4) is 0 Å². The molecule has 0 aliphatic heterocycles. The minimum absolute atomic E-state index is 0.0262. The Hall–Kier alpha value is -2.37. The average molecular weight is 451 g/mol. The molecule has 3 aromatic carbocycles. The van der Waals surface area contributed by atoms with Gasteiger partial charge in [-0.25, -0.2) is 4.98 Å². The van der Waals surface area contributed by atoms with Crippen molar-refractivity contribution in [3.05, 3.63) is 105 Å². The van der Waals surface area contributed by atoms with Gasteiger partial charge in [0, 0.05) is 16.8 Å². The number of nitrogens with zero attached hydrogens (tertiary/aromatic N) is 2. The van der Waals surface area contributed by atoms with Gasteiger partial charge in [0.25, 0.3) is 5.56 Å². The first kappa shape index (κ1) is 19.0. The first-order valence-electron chi connectivity index (χ1n) is 9.11. The second-order valence-electron chi connectivity index (χ2n) is 6.52. The molecule has 0 saturated carbocycles. The summed E-state index contributed by atoms with van der Waals surface area (Å²) in [5.74, 6) is 0.759. The van der Waals surface area contributed by atoms with Gasteiger partial charge in [-0.15, -0.1) is 0 Å². The van der Waals surface area contributed by atoms with Crippen LogP contribution in [0, 0.1) is 0 Å². The van der Waals surface area contributed by atoms with Crippen molar-refractivity contribution in [1.29, 1.82) is 0 Å². The van der Waals surface area contributed by atoms with Crippen LogP contribution in [0.5, 0.6) is 0 Å². The molecule has 5 heteroatoms. The molecule has 28 heavy (non-hydrogen) atoms. The number of halogens is 1. The molecule has 0 aliphatic carbocycles. The maximum Gasteiger partial charge on any atom is 0.262 e. The minimum Gasteiger partial charge on any atom is -0.287 e. The van der Waals surface area contributed by atoms with Crippen LogP contribution in [0.15, 0.2) is 93.3 Å². The van der Waals surface area contributed by atoms with Crippen LogP contribution in [0.3, 0.4) is 0 Å². The molecule has 0 bridgehead atoms. The molecule has 140 valence electrons. The summed E-state index contributed by atoms with van der Waals surface area (Å²) in [6, 6.07) is 26.0. The van der Waals surface area contributed by atoms with Gasteiger partial charge < -0.3 is 0 Å². The van der Waals surface area contributed by atoms with Crippen molar-refractivity contribution in [2.75, 3.05) is 0 Å². The first-order valence-corrected chi connectivity index (χ1v) is 10.9. The van der Waals surface area contributed by atoms with E-state index in [2.05, 4.69) is 40.2 Å². The number of fused-ring (bicyclic) bond motifs is 1. The van der Waals surface area contributed by atoms with Crippen LogP contribution >= 0.6 is 27.7 Å². The Labute approximate surface area is 176 Å². The van der Waals surface area contributed by atoms with Gasteiger partial charge in [-0.3, -0.25) is 9.36 Å². The number of aromatic nitrogens is 2. The third kappa shape index (κ3) is 4.37. The van der Waals surface area contributed by atoms with Crippen LogP contribution in [0.1, 0.15) is 11.1 Å². The Bertz CT molecular complexity index is 1160. The average Bonchev–Trinajstić information content (AvgIpc) is 2.72. The molecule has 0 N–H and O–H groups in total. The van der Waals surface area contributed by atoms with Crippen LogP contribution < -0.4 is 5.56 Å². The van der Waals surface area contributed by atoms with E-state index in [4.69, 9.17) is 4.98 Å². The Morgan fingerprint density at radius 2 is 1.64 bits per heavy atom. The van der Waals surface area contributed by atoms with E-state index in [1.807, 2.05) is 59.2 Å². The maximum atomic E-state index is 13.1. The van der Waals surface area contributed by atoms with Gasteiger partial charge in [-0.05, 0) is 41.8 Å². The predicted molar refractivity (Wildman–Crippen MR) is 120 cm³/mol. The molecule has 0 radical (unpaired) electrons. The van der Waals surface area contributed by atoms with Crippen molar-refractivity contribution in [1.82, 2.24) is 9.55 Å². The normalized spacial score (nSPS) is 11.0. The lowest BCUT2D eigenvalue weighted by Gasteiger charge is -2.13. The zero-order valence-corrected chi connectivity index (χ0v) is 17.6. The number of para-hydroxylation sites is 1. The van der Waals surface area contributed by atoms with E-state index < -0.39 is 0 Å². The molecular formula is C23H19BrN2OS. The number of hydrogen-bond donors (Lipinski definition) is 0. The largest absolute Gasteiger partial charge is 0.287 e. The molecule has 1 aromatic heterocycles. The summed E-state index contributed by atoms with van der Waals surface area (Å²) < 4.78 is 2.87. The van der Waals surface area contributed by atoms with E-state index in [1.165, 1.54) is 11.1 Å². The standard InChI is InChI=1S/C23H19BrN2OS/c24-19-10-6-9-18(15-19)16-28-23-25-21-12-5-4-11-20(21)22(27)26(23)14-13-17-7-2-1-3-8-17/h1-12,15H,13-14,16H2. The summed E-state index contributed by atoms with van der Waals surface area (Å²) in [6.07, 6.45) is 0.797. The molecule has 0 saturated heterocycles. The number of thioether (sulfide) groups is 1. The molecule has 4 rings (SSSR count). The second kappa shape index (κ2) is 8.76. The molecule has 0 spiro atoms. The van der Waals surface area contributed by atoms with E-state index in [9.17, 15) is 4.79 Å². The van der Waals surface area contributed by atoms with Gasteiger partial charge in [0.05, 0.1) is 10.9 Å². The fourth-order valence-electron chi connectivity index (χ4n) is 3.12. The van der Waals surface area contributed by atoms with Gasteiger partial charge in [-0.2, -0.15) is 0 Å². The molecule has 0 fully saturated rings. The van der Waals surface area contributed by atoms with Crippen molar-refractivity contribution >= 4 is 38.6 Å². The molecule has 3 nitrogen and oxygen atoms in total. The molecule has 0 amide bonds. The molecule has 0 unspecified atom stereocenters. The second-order valence-corrected chi connectivity index (χ2v) is 8.38. The topological polar surface area (TPSA) is 34.9 Å². The van der Waals surface area contributed by atoms with Crippen LogP contribution in [0.25, 0.3) is 10.9 Å². The zero-order chi connectivity index (χ0) is 19.3. The molecule has 1 heterocycles. The number of rotatable bonds is 6. The summed E-state index contributed by atoms with van der Waals surface area (Å²) in [5.41, 5.74) is 3.18. The Morgan fingerprint density at radius 3 is 2.46 bits per heavy atom. The SMILES string of the molecule is O=c1c2ccccc2nc(SCc2cccc(Br)c2)n1CCc1ccccc1. The summed E-state index contributed by atoms with van der Waals surface area (Å²) in [4.78, 5) is 17.9. The van der Waals surface area contributed by atoms with Gasteiger partial charge in [0.1, 0.15) is 0 Å². The third-order valence-corrected chi connectivity index (χ3v) is 6.09. The Balaban J connectivity index is 1.67. The van der Waals surface area contributed by atoms with E-state index in [-0.39, 0.29) is 5.56 Å². The molecular weight excluding hydrogens is 432 g/mol. The van der Waals surface area contributed by atoms with E-state index in [0.29, 0.717) is 11.9 Å². The monoisotopic (exact) mass is 450 g/mol. The lowest BCUT2D eigenvalue weighted by molar-refractivity contribution is 0.595. The summed E-state index contributed by atoms with van der Waals surface area (Å²) in [7, 11) is 0. The minimum atomic E-state index is 0.0262. The van der Waals surface area contributed by atoms with Crippen molar-refractivity contribution < 1.29 is 0 Å². The summed E-state index contributed by atoms with van der Waals surface area (Å²) >= 11 is 5.12. The third-order valence-electron chi connectivity index (χ3n) is 4.55. The Morgan fingerprint density at radius 1 is 0.893 bits per heavy atom. The highest BCUT2D eigenvalue weighted by atomic mass is 79.9. The lowest BCUT2D eigenvalue weighted by atomic mass is 10.1. The zero-order valence-electron chi connectivity index (χ0n) is 15.2. The van der Waals surface area contributed by atoms with Gasteiger partial charge in [0.15, 0.2) is 5.16 Å². The fraction of sp³-hybridized carbons (Fsp3) is 0.130. The molecule has 0 aliphatic rings. The highest BCUT2D eigenvalue weighted by molar-refractivity contribution is 9.10. The van der Waals surface area contributed by atoms with Gasteiger partial charge in [-0.1, -0.05) is 82.3 Å².